The van der Waals surface area contributed by atoms with Crippen LogP contribution in [0.2, 0.25) is 0 Å². The molecule has 1 atom stereocenters. The quantitative estimate of drug-likeness (QED) is 0.195. The second kappa shape index (κ2) is 11.8. The van der Waals surface area contributed by atoms with Crippen LogP contribution in [-0.2, 0) is 0 Å². The van der Waals surface area contributed by atoms with E-state index in [0.29, 0.717) is 0 Å². The lowest BCUT2D eigenvalue weighted by atomic mass is 9.83. The molecule has 2 heteroatoms. The van der Waals surface area contributed by atoms with E-state index < -0.39 is 0 Å². The minimum Gasteiger partial charge on any atom is -0.292 e. The number of imidazole rings is 1. The first-order chi connectivity index (χ1) is 22.7. The summed E-state index contributed by atoms with van der Waals surface area (Å²) in [4.78, 5) is 5.70. The van der Waals surface area contributed by atoms with Gasteiger partial charge in [-0.15, -0.1) is 0 Å². The van der Waals surface area contributed by atoms with Crippen LogP contribution in [-0.4, -0.2) is 9.55 Å². The van der Waals surface area contributed by atoms with Gasteiger partial charge in [0.2, 0.25) is 0 Å². The Labute approximate surface area is 270 Å². The molecule has 1 heterocycles. The van der Waals surface area contributed by atoms with Crippen molar-refractivity contribution in [1.29, 1.82) is 0 Å². The first-order valence-corrected chi connectivity index (χ1v) is 16.3. The number of fused-ring (bicyclic) bond motifs is 3. The molecule has 2 nitrogen and oxygen atoms in total. The van der Waals surface area contributed by atoms with Crippen LogP contribution in [0.15, 0.2) is 157 Å². The first-order valence-electron chi connectivity index (χ1n) is 16.3. The molecule has 0 saturated carbocycles. The zero-order chi connectivity index (χ0) is 31.0. The summed E-state index contributed by atoms with van der Waals surface area (Å²) < 4.78 is 2.44. The maximum atomic E-state index is 5.70. The Bertz CT molecular complexity index is 2310. The van der Waals surface area contributed by atoms with E-state index >= 15 is 0 Å². The van der Waals surface area contributed by atoms with Gasteiger partial charge < -0.3 is 0 Å². The Kier molecular flexibility index (Phi) is 7.19. The largest absolute Gasteiger partial charge is 0.292 e. The molecule has 0 N–H and O–H groups in total. The van der Waals surface area contributed by atoms with Crippen molar-refractivity contribution >= 4 is 43.7 Å². The van der Waals surface area contributed by atoms with Gasteiger partial charge in [0, 0.05) is 16.8 Å². The molecule has 0 saturated heterocycles. The van der Waals surface area contributed by atoms with Gasteiger partial charge in [0.1, 0.15) is 5.82 Å². The molecule has 1 unspecified atom stereocenters. The Morgan fingerprint density at radius 3 is 2.35 bits per heavy atom. The van der Waals surface area contributed by atoms with E-state index in [0.717, 1.165) is 35.4 Å². The van der Waals surface area contributed by atoms with E-state index in [1.54, 1.807) is 0 Å². The maximum Gasteiger partial charge on any atom is 0.141 e. The summed E-state index contributed by atoms with van der Waals surface area (Å²) in [6.45, 7) is 4.40. The number of allylic oxidation sites excluding steroid dienone is 12. The molecule has 222 valence electrons. The van der Waals surface area contributed by atoms with Crippen molar-refractivity contribution in [3.63, 3.8) is 0 Å². The van der Waals surface area contributed by atoms with Crippen LogP contribution in [0.3, 0.4) is 0 Å². The molecule has 0 fully saturated rings. The van der Waals surface area contributed by atoms with Crippen LogP contribution >= 0.6 is 0 Å². The van der Waals surface area contributed by atoms with Gasteiger partial charge in [-0.05, 0) is 81.6 Å². The predicted octanol–water partition coefficient (Wildman–Crippen LogP) is 11.8. The molecule has 5 aromatic carbocycles. The van der Waals surface area contributed by atoms with Crippen LogP contribution in [0.5, 0.6) is 0 Å². The summed E-state index contributed by atoms with van der Waals surface area (Å²) in [7, 11) is 0. The van der Waals surface area contributed by atoms with E-state index in [1.807, 2.05) is 0 Å². The highest BCUT2D eigenvalue weighted by Gasteiger charge is 2.27. The number of para-hydroxylation sites is 1. The third kappa shape index (κ3) is 4.61. The van der Waals surface area contributed by atoms with Gasteiger partial charge in [0.25, 0.3) is 0 Å². The van der Waals surface area contributed by atoms with Gasteiger partial charge in [0.05, 0.1) is 11.0 Å². The molecule has 0 bridgehead atoms. The monoisotopic (exact) mass is 592 g/mol. The molecule has 46 heavy (non-hydrogen) atoms. The van der Waals surface area contributed by atoms with Gasteiger partial charge in [-0.3, -0.25) is 4.57 Å². The van der Waals surface area contributed by atoms with Crippen LogP contribution in [0, 0.1) is 5.92 Å². The number of aromatic nitrogens is 2. The third-order valence-electron chi connectivity index (χ3n) is 9.38. The Morgan fingerprint density at radius 1 is 0.804 bits per heavy atom. The number of nitrogens with zero attached hydrogens (tertiary/aromatic N) is 2. The summed E-state index contributed by atoms with van der Waals surface area (Å²) in [5.74, 6) is 1.30. The third-order valence-corrected chi connectivity index (χ3v) is 9.38. The van der Waals surface area contributed by atoms with E-state index in [1.165, 1.54) is 55.0 Å². The molecule has 8 rings (SSSR count). The Balaban J connectivity index is 1.65. The molecule has 2 aliphatic rings. The normalized spacial score (nSPS) is 17.4. The molecule has 0 aliphatic heterocycles. The van der Waals surface area contributed by atoms with Crippen LogP contribution in [0.4, 0.5) is 0 Å². The SMILES string of the molecule is C/C=C\C(=C1\C=CC=CC1C)c1c2ccccc2c(-c2cccc3ccccc23)c2c1nc(C1=CC=CCC1)n2-c1ccccc1. The summed E-state index contributed by atoms with van der Waals surface area (Å²) in [6, 6.07) is 35.2. The van der Waals surface area contributed by atoms with Gasteiger partial charge in [0.15, 0.2) is 0 Å². The van der Waals surface area contributed by atoms with Crippen molar-refractivity contribution in [2.75, 3.05) is 0 Å². The second-order valence-electron chi connectivity index (χ2n) is 12.2. The summed E-state index contributed by atoms with van der Waals surface area (Å²) in [6.07, 6.45) is 22.0. The highest BCUT2D eigenvalue weighted by molar-refractivity contribution is 6.21. The highest BCUT2D eigenvalue weighted by Crippen LogP contribution is 2.47. The van der Waals surface area contributed by atoms with Gasteiger partial charge >= 0.3 is 0 Å². The molecular formula is C44H36N2. The van der Waals surface area contributed by atoms with Crippen molar-refractivity contribution in [2.24, 2.45) is 5.92 Å². The van der Waals surface area contributed by atoms with Crippen molar-refractivity contribution in [1.82, 2.24) is 9.55 Å². The standard InChI is InChI=1S/C44H36N2/c1-3-17-36(34-25-12-10-18-30(34)2)40-38-27-14-15-28-39(38)41(37-29-16-22-31-19-11-13-26-35(31)37)43-42(40)45-44(32-20-6-4-7-21-32)46(43)33-23-8-5-9-24-33/h3-6,8-20,22-30H,7,21H2,1-2H3/b17-3-,36-34+. The summed E-state index contributed by atoms with van der Waals surface area (Å²) in [5, 5.41) is 4.92. The van der Waals surface area contributed by atoms with Gasteiger partial charge in [-0.1, -0.05) is 147 Å². The minimum absolute atomic E-state index is 0.282. The Hall–Kier alpha value is -5.47. The number of hydrogen-bond donors (Lipinski definition) is 0. The fraction of sp³-hybridized carbons (Fsp3) is 0.114. The summed E-state index contributed by atoms with van der Waals surface area (Å²) >= 11 is 0. The minimum atomic E-state index is 0.282. The lowest BCUT2D eigenvalue weighted by Crippen LogP contribution is -2.04. The predicted molar refractivity (Wildman–Crippen MR) is 197 cm³/mol. The molecule has 0 radical (unpaired) electrons. The van der Waals surface area contributed by atoms with Crippen LogP contribution < -0.4 is 0 Å². The van der Waals surface area contributed by atoms with Crippen molar-refractivity contribution in [3.05, 3.63) is 169 Å². The molecule has 1 aromatic heterocycles. The fourth-order valence-electron chi connectivity index (χ4n) is 7.29. The molecule has 0 spiro atoms. The van der Waals surface area contributed by atoms with Gasteiger partial charge in [-0.2, -0.15) is 0 Å². The van der Waals surface area contributed by atoms with Crippen molar-refractivity contribution in [3.8, 4) is 16.8 Å². The smallest absolute Gasteiger partial charge is 0.141 e. The number of hydrogen-bond acceptors (Lipinski definition) is 1. The molecule has 6 aromatic rings. The van der Waals surface area contributed by atoms with Crippen molar-refractivity contribution < 1.29 is 0 Å². The number of rotatable bonds is 5. The summed E-state index contributed by atoms with van der Waals surface area (Å²) in [5.41, 5.74) is 10.7. The van der Waals surface area contributed by atoms with E-state index in [-0.39, 0.29) is 5.92 Å². The molecular weight excluding hydrogens is 556 g/mol. The average molecular weight is 593 g/mol. The molecule has 2 aliphatic carbocycles. The molecule has 0 amide bonds. The zero-order valence-corrected chi connectivity index (χ0v) is 26.3. The Morgan fingerprint density at radius 2 is 1.57 bits per heavy atom. The first kappa shape index (κ1) is 28.0. The highest BCUT2D eigenvalue weighted by atomic mass is 15.1. The van der Waals surface area contributed by atoms with Gasteiger partial charge in [-0.25, -0.2) is 4.98 Å². The average Bonchev–Trinajstić information content (AvgIpc) is 3.51. The zero-order valence-electron chi connectivity index (χ0n) is 26.3. The number of benzene rings is 5. The van der Waals surface area contributed by atoms with E-state index in [9.17, 15) is 0 Å². The van der Waals surface area contributed by atoms with E-state index in [4.69, 9.17) is 4.98 Å². The van der Waals surface area contributed by atoms with Crippen molar-refractivity contribution in [2.45, 2.75) is 26.7 Å². The second-order valence-corrected chi connectivity index (χ2v) is 12.2. The fourth-order valence-corrected chi connectivity index (χ4v) is 7.29. The lowest BCUT2D eigenvalue weighted by Gasteiger charge is -2.21. The lowest BCUT2D eigenvalue weighted by molar-refractivity contribution is 0.887. The van der Waals surface area contributed by atoms with Crippen LogP contribution in [0.1, 0.15) is 38.1 Å². The maximum absolute atomic E-state index is 5.70. The van der Waals surface area contributed by atoms with Crippen LogP contribution in [0.25, 0.3) is 60.5 Å². The topological polar surface area (TPSA) is 17.8 Å². The van der Waals surface area contributed by atoms with E-state index in [2.05, 4.69) is 170 Å².